The number of nitrogens with two attached hydrogens (primary N) is 1. The fourth-order valence-electron chi connectivity index (χ4n) is 3.22. The van der Waals surface area contributed by atoms with Crippen molar-refractivity contribution in [2.45, 2.75) is 26.8 Å². The van der Waals surface area contributed by atoms with Crippen LogP contribution in [-0.2, 0) is 13.0 Å². The van der Waals surface area contributed by atoms with Crippen molar-refractivity contribution in [3.8, 4) is 11.1 Å². The van der Waals surface area contributed by atoms with Crippen LogP contribution in [0.25, 0.3) is 11.1 Å². The average Bonchev–Trinajstić information content (AvgIpc) is 3.14. The van der Waals surface area contributed by atoms with Crippen LogP contribution in [0.3, 0.4) is 0 Å². The molecule has 24 heavy (non-hydrogen) atoms. The molecule has 3 nitrogen and oxygen atoms in total. The number of primary amides is 1. The van der Waals surface area contributed by atoms with Gasteiger partial charge in [-0.05, 0) is 53.4 Å². The fourth-order valence-corrected chi connectivity index (χ4v) is 4.08. The summed E-state index contributed by atoms with van der Waals surface area (Å²) < 4.78 is 2.18. The molecule has 0 atom stereocenters. The van der Waals surface area contributed by atoms with E-state index in [-0.39, 0.29) is 5.91 Å². The molecular weight excluding hydrogens is 340 g/mol. The number of benzene rings is 1. The van der Waals surface area contributed by atoms with Gasteiger partial charge in [0.2, 0.25) is 0 Å². The van der Waals surface area contributed by atoms with E-state index < -0.39 is 0 Å². The smallest absolute Gasteiger partial charge is 0.251 e. The highest BCUT2D eigenvalue weighted by Gasteiger charge is 2.24. The summed E-state index contributed by atoms with van der Waals surface area (Å²) in [5, 5.41) is 4.79. The van der Waals surface area contributed by atoms with Crippen LogP contribution in [-0.4, -0.2) is 10.5 Å². The van der Waals surface area contributed by atoms with Gasteiger partial charge in [-0.3, -0.25) is 4.79 Å². The number of thiophene rings is 1. The van der Waals surface area contributed by atoms with Crippen LogP contribution in [0, 0.1) is 6.92 Å². The van der Waals surface area contributed by atoms with Crippen molar-refractivity contribution < 1.29 is 4.79 Å². The van der Waals surface area contributed by atoms with Crippen molar-refractivity contribution in [3.05, 3.63) is 68.6 Å². The summed E-state index contributed by atoms with van der Waals surface area (Å²) in [6, 6.07) is 9.83. The van der Waals surface area contributed by atoms with Gasteiger partial charge in [0, 0.05) is 28.5 Å². The SMILES string of the molecule is CCc1c(-c2ccsc2)c(C(N)=O)c(C)n1Cc1cccc(Cl)c1. The molecule has 0 saturated carbocycles. The summed E-state index contributed by atoms with van der Waals surface area (Å²) in [5.41, 5.74) is 11.5. The molecular formula is C19H19ClN2OS. The molecule has 0 fully saturated rings. The Morgan fingerprint density at radius 1 is 1.33 bits per heavy atom. The molecule has 3 rings (SSSR count). The molecule has 0 saturated heterocycles. The van der Waals surface area contributed by atoms with E-state index in [4.69, 9.17) is 17.3 Å². The Kier molecular flexibility index (Phi) is 4.78. The first-order valence-electron chi connectivity index (χ1n) is 7.81. The number of carbonyl (C=O) groups is 1. The minimum atomic E-state index is -0.381. The number of halogens is 1. The largest absolute Gasteiger partial charge is 0.366 e. The summed E-state index contributed by atoms with van der Waals surface area (Å²) in [6.07, 6.45) is 0.819. The Bertz CT molecular complexity index is 881. The van der Waals surface area contributed by atoms with Gasteiger partial charge in [0.25, 0.3) is 5.91 Å². The van der Waals surface area contributed by atoms with Gasteiger partial charge in [0.1, 0.15) is 0 Å². The number of carbonyl (C=O) groups excluding carboxylic acids is 1. The van der Waals surface area contributed by atoms with Gasteiger partial charge in [0.05, 0.1) is 5.56 Å². The minimum absolute atomic E-state index is 0.381. The second kappa shape index (κ2) is 6.83. The lowest BCUT2D eigenvalue weighted by Gasteiger charge is -2.12. The lowest BCUT2D eigenvalue weighted by Crippen LogP contribution is -2.13. The maximum Gasteiger partial charge on any atom is 0.251 e. The van der Waals surface area contributed by atoms with Crippen molar-refractivity contribution in [1.82, 2.24) is 4.57 Å². The van der Waals surface area contributed by atoms with E-state index in [0.29, 0.717) is 17.1 Å². The molecule has 0 bridgehead atoms. The zero-order chi connectivity index (χ0) is 17.3. The highest BCUT2D eigenvalue weighted by molar-refractivity contribution is 7.08. The Morgan fingerprint density at radius 2 is 2.12 bits per heavy atom. The highest BCUT2D eigenvalue weighted by atomic mass is 35.5. The van der Waals surface area contributed by atoms with Crippen LogP contribution in [0.4, 0.5) is 0 Å². The maximum absolute atomic E-state index is 12.1. The van der Waals surface area contributed by atoms with Crippen molar-refractivity contribution in [3.63, 3.8) is 0 Å². The molecule has 0 radical (unpaired) electrons. The summed E-state index contributed by atoms with van der Waals surface area (Å²) in [4.78, 5) is 12.1. The standard InChI is InChI=1S/C19H19ClN2OS/c1-3-16-18(14-7-8-24-11-14)17(19(21)23)12(2)22(16)10-13-5-4-6-15(20)9-13/h4-9,11H,3,10H2,1-2H3,(H2,21,23). The second-order valence-electron chi connectivity index (χ2n) is 5.73. The van der Waals surface area contributed by atoms with Gasteiger partial charge in [0.15, 0.2) is 0 Å². The lowest BCUT2D eigenvalue weighted by atomic mass is 10.0. The Balaban J connectivity index is 2.19. The van der Waals surface area contributed by atoms with Crippen LogP contribution in [0.1, 0.15) is 34.2 Å². The topological polar surface area (TPSA) is 48.0 Å². The van der Waals surface area contributed by atoms with E-state index in [0.717, 1.165) is 34.5 Å². The maximum atomic E-state index is 12.1. The molecule has 1 aromatic carbocycles. The van der Waals surface area contributed by atoms with Gasteiger partial charge < -0.3 is 10.3 Å². The molecule has 1 amide bonds. The van der Waals surface area contributed by atoms with E-state index in [9.17, 15) is 4.79 Å². The molecule has 0 spiro atoms. The fraction of sp³-hybridized carbons (Fsp3) is 0.211. The Hall–Kier alpha value is -2.04. The molecule has 124 valence electrons. The highest BCUT2D eigenvalue weighted by Crippen LogP contribution is 2.35. The second-order valence-corrected chi connectivity index (χ2v) is 6.94. The summed E-state index contributed by atoms with van der Waals surface area (Å²) in [6.45, 7) is 4.73. The molecule has 2 aromatic heterocycles. The van der Waals surface area contributed by atoms with Gasteiger partial charge in [-0.15, -0.1) is 0 Å². The van der Waals surface area contributed by atoms with Crippen LogP contribution < -0.4 is 5.73 Å². The lowest BCUT2D eigenvalue weighted by molar-refractivity contribution is 0.1000. The molecule has 3 aromatic rings. The molecule has 2 N–H and O–H groups in total. The predicted octanol–water partition coefficient (Wildman–Crippen LogP) is 4.89. The first kappa shape index (κ1) is 16.8. The number of nitrogens with zero attached hydrogens (tertiary/aromatic N) is 1. The van der Waals surface area contributed by atoms with Gasteiger partial charge in [-0.25, -0.2) is 0 Å². The van der Waals surface area contributed by atoms with E-state index in [2.05, 4.69) is 16.9 Å². The Morgan fingerprint density at radius 3 is 2.71 bits per heavy atom. The third-order valence-electron chi connectivity index (χ3n) is 4.25. The van der Waals surface area contributed by atoms with Crippen molar-refractivity contribution in [2.24, 2.45) is 5.73 Å². The van der Waals surface area contributed by atoms with E-state index in [1.807, 2.05) is 42.6 Å². The van der Waals surface area contributed by atoms with Crippen LogP contribution in [0.2, 0.25) is 5.02 Å². The zero-order valence-corrected chi connectivity index (χ0v) is 15.2. The van der Waals surface area contributed by atoms with Gasteiger partial charge in [-0.2, -0.15) is 11.3 Å². The third kappa shape index (κ3) is 2.99. The molecule has 2 heterocycles. The van der Waals surface area contributed by atoms with Crippen molar-refractivity contribution in [1.29, 1.82) is 0 Å². The monoisotopic (exact) mass is 358 g/mol. The van der Waals surface area contributed by atoms with Crippen LogP contribution in [0.15, 0.2) is 41.1 Å². The quantitative estimate of drug-likeness (QED) is 0.693. The number of rotatable bonds is 5. The average molecular weight is 359 g/mol. The summed E-state index contributed by atoms with van der Waals surface area (Å²) in [7, 11) is 0. The van der Waals surface area contributed by atoms with Gasteiger partial charge in [-0.1, -0.05) is 30.7 Å². The molecule has 5 heteroatoms. The Labute approximate surface area is 150 Å². The molecule has 0 aliphatic heterocycles. The molecule has 0 aliphatic carbocycles. The van der Waals surface area contributed by atoms with E-state index in [1.165, 1.54) is 0 Å². The van der Waals surface area contributed by atoms with E-state index in [1.54, 1.807) is 11.3 Å². The summed E-state index contributed by atoms with van der Waals surface area (Å²) >= 11 is 7.73. The van der Waals surface area contributed by atoms with Crippen LogP contribution >= 0.6 is 22.9 Å². The zero-order valence-electron chi connectivity index (χ0n) is 13.7. The first-order chi connectivity index (χ1) is 11.5. The van der Waals surface area contributed by atoms with Crippen molar-refractivity contribution in [2.75, 3.05) is 0 Å². The number of aromatic nitrogens is 1. The first-order valence-corrected chi connectivity index (χ1v) is 9.13. The summed E-state index contributed by atoms with van der Waals surface area (Å²) in [5.74, 6) is -0.381. The normalized spacial score (nSPS) is 11.0. The van der Waals surface area contributed by atoms with Gasteiger partial charge >= 0.3 is 0 Å². The minimum Gasteiger partial charge on any atom is -0.366 e. The number of hydrogen-bond acceptors (Lipinski definition) is 2. The van der Waals surface area contributed by atoms with Crippen LogP contribution in [0.5, 0.6) is 0 Å². The number of amides is 1. The third-order valence-corrected chi connectivity index (χ3v) is 5.17. The van der Waals surface area contributed by atoms with E-state index >= 15 is 0 Å². The molecule has 0 unspecified atom stereocenters. The predicted molar refractivity (Wildman–Crippen MR) is 101 cm³/mol. The number of hydrogen-bond donors (Lipinski definition) is 1. The van der Waals surface area contributed by atoms with Crippen molar-refractivity contribution >= 4 is 28.8 Å². The molecule has 0 aliphatic rings.